The van der Waals surface area contributed by atoms with Crippen molar-refractivity contribution in [3.63, 3.8) is 0 Å². The normalized spacial score (nSPS) is 25.2. The number of aliphatic hydroxyl groups is 1. The lowest BCUT2D eigenvalue weighted by molar-refractivity contribution is -0.117. The van der Waals surface area contributed by atoms with Crippen molar-refractivity contribution in [1.29, 1.82) is 0 Å². The van der Waals surface area contributed by atoms with Crippen LogP contribution in [0.2, 0.25) is 5.02 Å². The van der Waals surface area contributed by atoms with Crippen LogP contribution < -0.4 is 4.90 Å². The molecule has 1 aliphatic heterocycles. The van der Waals surface area contributed by atoms with Gasteiger partial charge in [-0.25, -0.2) is 0 Å². The van der Waals surface area contributed by atoms with E-state index in [1.54, 1.807) is 11.0 Å². The molecule has 1 N–H and O–H groups in total. The molecule has 1 aliphatic rings. The maximum absolute atomic E-state index is 11.9. The number of hydrogen-bond acceptors (Lipinski definition) is 2. The predicted molar refractivity (Wildman–Crippen MR) is 63.6 cm³/mol. The number of rotatable bonds is 2. The molecule has 86 valence electrons. The van der Waals surface area contributed by atoms with E-state index in [2.05, 4.69) is 0 Å². The van der Waals surface area contributed by atoms with Crippen molar-refractivity contribution < 1.29 is 9.90 Å². The topological polar surface area (TPSA) is 40.5 Å². The fourth-order valence-electron chi connectivity index (χ4n) is 2.15. The van der Waals surface area contributed by atoms with E-state index in [0.717, 1.165) is 5.69 Å². The van der Waals surface area contributed by atoms with E-state index in [1.165, 1.54) is 0 Å². The monoisotopic (exact) mass is 239 g/mol. The van der Waals surface area contributed by atoms with Crippen LogP contribution in [0.5, 0.6) is 0 Å². The Bertz CT molecular complexity index is 408. The van der Waals surface area contributed by atoms with Gasteiger partial charge in [-0.15, -0.1) is 0 Å². The van der Waals surface area contributed by atoms with E-state index in [0.29, 0.717) is 11.4 Å². The van der Waals surface area contributed by atoms with Gasteiger partial charge < -0.3 is 10.0 Å². The molecule has 1 heterocycles. The maximum Gasteiger partial charge on any atom is 0.227 e. The number of anilines is 1. The van der Waals surface area contributed by atoms with Crippen LogP contribution in [0.25, 0.3) is 0 Å². The third kappa shape index (κ3) is 1.81. The molecule has 1 amide bonds. The second kappa shape index (κ2) is 4.44. The lowest BCUT2D eigenvalue weighted by atomic mass is 10.0. The van der Waals surface area contributed by atoms with Crippen molar-refractivity contribution in [2.24, 2.45) is 5.92 Å². The van der Waals surface area contributed by atoms with Crippen molar-refractivity contribution in [2.75, 3.05) is 11.5 Å². The van der Waals surface area contributed by atoms with Crippen molar-refractivity contribution in [1.82, 2.24) is 0 Å². The standard InChI is InChI=1S/C12H14ClNO2/c1-8-9(7-15)6-12(16)14(8)11-5-3-2-4-10(11)13/h2-5,8-9,15H,6-7H2,1H3. The van der Waals surface area contributed by atoms with Crippen molar-refractivity contribution in [3.8, 4) is 0 Å². The minimum absolute atomic E-state index is 0.00241. The molecule has 0 radical (unpaired) electrons. The Morgan fingerprint density at radius 3 is 2.75 bits per heavy atom. The van der Waals surface area contributed by atoms with Gasteiger partial charge in [0.25, 0.3) is 0 Å². The molecule has 4 heteroatoms. The summed E-state index contributed by atoms with van der Waals surface area (Å²) < 4.78 is 0. The molecule has 0 aliphatic carbocycles. The number of carbonyl (C=O) groups is 1. The fourth-order valence-corrected chi connectivity index (χ4v) is 2.38. The number of amides is 1. The number of hydrogen-bond donors (Lipinski definition) is 1. The zero-order valence-electron chi connectivity index (χ0n) is 9.06. The number of nitrogens with zero attached hydrogens (tertiary/aromatic N) is 1. The average Bonchev–Trinajstić information content (AvgIpc) is 2.55. The molecule has 0 spiro atoms. The Morgan fingerprint density at radius 1 is 1.50 bits per heavy atom. The van der Waals surface area contributed by atoms with Gasteiger partial charge in [0.2, 0.25) is 5.91 Å². The van der Waals surface area contributed by atoms with Crippen molar-refractivity contribution in [3.05, 3.63) is 29.3 Å². The van der Waals surface area contributed by atoms with Gasteiger partial charge in [0.05, 0.1) is 10.7 Å². The van der Waals surface area contributed by atoms with E-state index in [4.69, 9.17) is 11.6 Å². The molecule has 1 fully saturated rings. The van der Waals surface area contributed by atoms with Crippen LogP contribution in [-0.4, -0.2) is 23.7 Å². The average molecular weight is 240 g/mol. The van der Waals surface area contributed by atoms with Crippen LogP contribution in [0.1, 0.15) is 13.3 Å². The first-order valence-electron chi connectivity index (χ1n) is 5.32. The van der Waals surface area contributed by atoms with Crippen LogP contribution in [0.3, 0.4) is 0 Å². The Kier molecular flexibility index (Phi) is 3.17. The highest BCUT2D eigenvalue weighted by atomic mass is 35.5. The second-order valence-corrected chi connectivity index (χ2v) is 4.51. The number of para-hydroxylation sites is 1. The van der Waals surface area contributed by atoms with Gasteiger partial charge in [-0.3, -0.25) is 4.79 Å². The summed E-state index contributed by atoms with van der Waals surface area (Å²) in [6, 6.07) is 7.28. The highest BCUT2D eigenvalue weighted by Crippen LogP contribution is 2.34. The van der Waals surface area contributed by atoms with Gasteiger partial charge in [-0.2, -0.15) is 0 Å². The van der Waals surface area contributed by atoms with Gasteiger partial charge in [-0.1, -0.05) is 23.7 Å². The van der Waals surface area contributed by atoms with Gasteiger partial charge in [0.1, 0.15) is 0 Å². The Hall–Kier alpha value is -1.06. The van der Waals surface area contributed by atoms with Crippen molar-refractivity contribution in [2.45, 2.75) is 19.4 Å². The van der Waals surface area contributed by atoms with Crippen LogP contribution >= 0.6 is 11.6 Å². The summed E-state index contributed by atoms with van der Waals surface area (Å²) >= 11 is 6.07. The van der Waals surface area contributed by atoms with Crippen molar-refractivity contribution >= 4 is 23.2 Å². The summed E-state index contributed by atoms with van der Waals surface area (Å²) in [5.74, 6) is 0.0309. The second-order valence-electron chi connectivity index (χ2n) is 4.10. The molecule has 16 heavy (non-hydrogen) atoms. The van der Waals surface area contributed by atoms with Crippen LogP contribution in [0, 0.1) is 5.92 Å². The number of halogens is 1. The summed E-state index contributed by atoms with van der Waals surface area (Å²) in [5.41, 5.74) is 0.734. The molecule has 1 aromatic carbocycles. The summed E-state index contributed by atoms with van der Waals surface area (Å²) in [6.45, 7) is 1.98. The minimum Gasteiger partial charge on any atom is -0.396 e. The molecule has 1 saturated heterocycles. The Balaban J connectivity index is 2.35. The van der Waals surface area contributed by atoms with Crippen LogP contribution in [0.4, 0.5) is 5.69 Å². The molecule has 0 aromatic heterocycles. The van der Waals surface area contributed by atoms with E-state index in [-0.39, 0.29) is 24.5 Å². The summed E-state index contributed by atoms with van der Waals surface area (Å²) in [7, 11) is 0. The number of aliphatic hydroxyl groups excluding tert-OH is 1. The first-order valence-corrected chi connectivity index (χ1v) is 5.70. The zero-order valence-corrected chi connectivity index (χ0v) is 9.81. The molecule has 2 unspecified atom stereocenters. The molecule has 1 aromatic rings. The fraction of sp³-hybridized carbons (Fsp3) is 0.417. The molecule has 2 rings (SSSR count). The lowest BCUT2D eigenvalue weighted by Gasteiger charge is -2.24. The smallest absolute Gasteiger partial charge is 0.227 e. The third-order valence-electron chi connectivity index (χ3n) is 3.14. The van der Waals surface area contributed by atoms with E-state index in [1.807, 2.05) is 25.1 Å². The maximum atomic E-state index is 11.9. The highest BCUT2D eigenvalue weighted by Gasteiger charge is 2.37. The predicted octanol–water partition coefficient (Wildman–Crippen LogP) is 2.07. The quantitative estimate of drug-likeness (QED) is 0.859. The van der Waals surface area contributed by atoms with E-state index in [9.17, 15) is 9.90 Å². The number of carbonyl (C=O) groups excluding carboxylic acids is 1. The highest BCUT2D eigenvalue weighted by molar-refractivity contribution is 6.33. The number of benzene rings is 1. The molecular weight excluding hydrogens is 226 g/mol. The first kappa shape index (κ1) is 11.4. The SMILES string of the molecule is CC1C(CO)CC(=O)N1c1ccccc1Cl. The van der Waals surface area contributed by atoms with E-state index >= 15 is 0 Å². The van der Waals surface area contributed by atoms with Gasteiger partial charge in [-0.05, 0) is 19.1 Å². The van der Waals surface area contributed by atoms with Gasteiger partial charge >= 0.3 is 0 Å². The first-order chi connectivity index (χ1) is 7.65. The summed E-state index contributed by atoms with van der Waals surface area (Å²) in [5, 5.41) is 9.75. The van der Waals surface area contributed by atoms with Gasteiger partial charge in [0, 0.05) is 25.0 Å². The summed E-state index contributed by atoms with van der Waals surface area (Å²) in [4.78, 5) is 13.5. The lowest BCUT2D eigenvalue weighted by Crippen LogP contribution is -2.33. The molecular formula is C12H14ClNO2. The van der Waals surface area contributed by atoms with E-state index < -0.39 is 0 Å². The largest absolute Gasteiger partial charge is 0.396 e. The molecule has 0 saturated carbocycles. The molecule has 0 bridgehead atoms. The minimum atomic E-state index is -0.00241. The van der Waals surface area contributed by atoms with Crippen LogP contribution in [0.15, 0.2) is 24.3 Å². The Labute approximate surface area is 99.6 Å². The molecule has 2 atom stereocenters. The zero-order chi connectivity index (χ0) is 11.7. The summed E-state index contributed by atoms with van der Waals surface area (Å²) in [6.07, 6.45) is 0.392. The Morgan fingerprint density at radius 2 is 2.19 bits per heavy atom. The van der Waals surface area contributed by atoms with Crippen LogP contribution in [-0.2, 0) is 4.79 Å². The van der Waals surface area contributed by atoms with Gasteiger partial charge in [0.15, 0.2) is 0 Å². The molecule has 3 nitrogen and oxygen atoms in total. The third-order valence-corrected chi connectivity index (χ3v) is 3.46.